The Kier molecular flexibility index (Phi) is 3.80. The van der Waals surface area contributed by atoms with Crippen molar-refractivity contribution in [2.75, 3.05) is 0 Å². The average molecular weight is 257 g/mol. The van der Waals surface area contributed by atoms with Crippen molar-refractivity contribution in [3.63, 3.8) is 0 Å². The summed E-state index contributed by atoms with van der Waals surface area (Å²) in [6.07, 6.45) is 0. The van der Waals surface area contributed by atoms with E-state index >= 15 is 0 Å². The molecule has 96 valence electrons. The monoisotopic (exact) mass is 257 g/mol. The Morgan fingerprint density at radius 1 is 1.00 bits per heavy atom. The van der Waals surface area contributed by atoms with E-state index in [2.05, 4.69) is 4.98 Å². The van der Waals surface area contributed by atoms with Gasteiger partial charge in [-0.15, -0.1) is 0 Å². The molecule has 5 nitrogen and oxygen atoms in total. The third-order valence-electron chi connectivity index (χ3n) is 2.41. The lowest BCUT2D eigenvalue weighted by atomic mass is 9.83. The van der Waals surface area contributed by atoms with E-state index < -0.39 is 19.1 Å². The van der Waals surface area contributed by atoms with Gasteiger partial charge in [-0.3, -0.25) is 14.6 Å². The third-order valence-corrected chi connectivity index (χ3v) is 2.41. The first-order valence-electron chi connectivity index (χ1n) is 5.76. The Balaban J connectivity index is 2.37. The smallest absolute Gasteiger partial charge is 0.495 e. The summed E-state index contributed by atoms with van der Waals surface area (Å²) in [4.78, 5) is 26.4. The summed E-state index contributed by atoms with van der Waals surface area (Å²) in [5.74, 6) is -1.08. The van der Waals surface area contributed by atoms with E-state index in [9.17, 15) is 9.59 Å². The molecule has 0 saturated heterocycles. The topological polar surface area (TPSA) is 65.5 Å². The van der Waals surface area contributed by atoms with Crippen molar-refractivity contribution in [3.05, 3.63) is 36.4 Å². The van der Waals surface area contributed by atoms with E-state index in [0.29, 0.717) is 5.59 Å². The molecule has 0 atom stereocenters. The molecular formula is C13H12BNO4. The predicted octanol–water partition coefficient (Wildman–Crippen LogP) is 1.06. The van der Waals surface area contributed by atoms with E-state index in [1.54, 1.807) is 6.07 Å². The number of hydrogen-bond donors (Lipinski definition) is 0. The van der Waals surface area contributed by atoms with Gasteiger partial charge in [-0.1, -0.05) is 24.3 Å². The molecule has 0 radical (unpaired) electrons. The first-order valence-corrected chi connectivity index (χ1v) is 5.76. The van der Waals surface area contributed by atoms with Crippen LogP contribution in [0.15, 0.2) is 36.4 Å². The number of benzene rings is 1. The number of hydrogen-bond acceptors (Lipinski definition) is 5. The highest BCUT2D eigenvalue weighted by atomic mass is 16.6. The number of para-hydroxylation sites is 1. The molecule has 0 aliphatic rings. The Labute approximate surface area is 110 Å². The average Bonchev–Trinajstić information content (AvgIpc) is 2.36. The van der Waals surface area contributed by atoms with Crippen molar-refractivity contribution in [3.8, 4) is 0 Å². The number of fused-ring (bicyclic) bond motifs is 1. The molecule has 0 aliphatic carbocycles. The molecule has 0 amide bonds. The predicted molar refractivity (Wildman–Crippen MR) is 70.7 cm³/mol. The molecule has 0 N–H and O–H groups in total. The van der Waals surface area contributed by atoms with Crippen molar-refractivity contribution >= 4 is 35.6 Å². The van der Waals surface area contributed by atoms with Crippen molar-refractivity contribution in [2.45, 2.75) is 13.8 Å². The molecule has 1 aromatic heterocycles. The van der Waals surface area contributed by atoms with Crippen LogP contribution in [0.4, 0.5) is 0 Å². The van der Waals surface area contributed by atoms with Crippen molar-refractivity contribution in [1.29, 1.82) is 0 Å². The van der Waals surface area contributed by atoms with Gasteiger partial charge in [0.05, 0.1) is 5.52 Å². The Bertz CT molecular complexity index is 613. The lowest BCUT2D eigenvalue weighted by Crippen LogP contribution is -2.41. The quantitative estimate of drug-likeness (QED) is 0.769. The van der Waals surface area contributed by atoms with E-state index in [0.717, 1.165) is 10.9 Å². The SMILES string of the molecule is CC(=O)OB(OC(C)=O)c1ccc2ccccc2n1. The Morgan fingerprint density at radius 3 is 2.26 bits per heavy atom. The van der Waals surface area contributed by atoms with Crippen LogP contribution in [0.5, 0.6) is 0 Å². The highest BCUT2D eigenvalue weighted by Gasteiger charge is 2.30. The summed E-state index contributed by atoms with van der Waals surface area (Å²) in [6, 6.07) is 11.0. The van der Waals surface area contributed by atoms with Gasteiger partial charge in [0.2, 0.25) is 0 Å². The fourth-order valence-corrected chi connectivity index (χ4v) is 1.66. The molecule has 0 fully saturated rings. The molecular weight excluding hydrogens is 245 g/mol. The second kappa shape index (κ2) is 5.52. The first kappa shape index (κ1) is 13.1. The van der Waals surface area contributed by atoms with Crippen LogP contribution >= 0.6 is 0 Å². The van der Waals surface area contributed by atoms with Crippen LogP contribution in [0.1, 0.15) is 13.8 Å². The largest absolute Gasteiger partial charge is 0.656 e. The standard InChI is InChI=1S/C13H12BNO4/c1-9(16)18-14(19-10(2)17)13-8-7-11-5-3-4-6-12(11)15-13/h3-8H,1-2H3. The zero-order valence-electron chi connectivity index (χ0n) is 10.6. The maximum atomic E-state index is 11.0. The first-order chi connectivity index (χ1) is 9.06. The minimum absolute atomic E-state index is 0.379. The van der Waals surface area contributed by atoms with Crippen molar-refractivity contribution in [2.24, 2.45) is 0 Å². The minimum Gasteiger partial charge on any atom is -0.495 e. The van der Waals surface area contributed by atoms with Crippen molar-refractivity contribution in [1.82, 2.24) is 4.98 Å². The van der Waals surface area contributed by atoms with Gasteiger partial charge in [0.15, 0.2) is 0 Å². The van der Waals surface area contributed by atoms with Crippen molar-refractivity contribution < 1.29 is 18.9 Å². The normalized spacial score (nSPS) is 10.0. The molecule has 0 spiro atoms. The number of aromatic nitrogens is 1. The maximum absolute atomic E-state index is 11.0. The van der Waals surface area contributed by atoms with Gasteiger partial charge in [-0.2, -0.15) is 0 Å². The van der Waals surface area contributed by atoms with Crippen LogP contribution in [-0.2, 0) is 18.9 Å². The second-order valence-electron chi connectivity index (χ2n) is 3.98. The van der Waals surface area contributed by atoms with Crippen LogP contribution in [0.3, 0.4) is 0 Å². The molecule has 1 aromatic carbocycles. The zero-order chi connectivity index (χ0) is 13.8. The fourth-order valence-electron chi connectivity index (χ4n) is 1.66. The zero-order valence-corrected chi connectivity index (χ0v) is 10.6. The number of rotatable bonds is 3. The fraction of sp³-hybridized carbons (Fsp3) is 0.154. The molecule has 0 saturated carbocycles. The number of carbonyl (C=O) groups excluding carboxylic acids is 2. The summed E-state index contributed by atoms with van der Waals surface area (Å²) in [6.45, 7) is 2.50. The number of pyridine rings is 1. The Hall–Kier alpha value is -2.37. The van der Waals surface area contributed by atoms with E-state index in [4.69, 9.17) is 9.31 Å². The van der Waals surface area contributed by atoms with Gasteiger partial charge in [0.25, 0.3) is 11.9 Å². The summed E-state index contributed by atoms with van der Waals surface area (Å²) in [5, 5.41) is 0.954. The molecule has 0 unspecified atom stereocenters. The molecule has 6 heteroatoms. The van der Waals surface area contributed by atoms with E-state index in [1.807, 2.05) is 30.3 Å². The third kappa shape index (κ3) is 3.31. The highest BCUT2D eigenvalue weighted by molar-refractivity contribution is 6.63. The van der Waals surface area contributed by atoms with Gasteiger partial charge < -0.3 is 9.31 Å². The van der Waals surface area contributed by atoms with Crippen LogP contribution in [0, 0.1) is 0 Å². The van der Waals surface area contributed by atoms with Crippen LogP contribution in [-0.4, -0.2) is 24.0 Å². The highest BCUT2D eigenvalue weighted by Crippen LogP contribution is 2.08. The summed E-state index contributed by atoms with van der Waals surface area (Å²) in [7, 11) is -1.11. The van der Waals surface area contributed by atoms with Gasteiger partial charge >= 0.3 is 7.12 Å². The minimum atomic E-state index is -1.11. The summed E-state index contributed by atoms with van der Waals surface area (Å²) < 4.78 is 9.90. The molecule has 1 heterocycles. The lowest BCUT2D eigenvalue weighted by Gasteiger charge is -2.11. The second-order valence-corrected chi connectivity index (χ2v) is 3.98. The molecule has 2 rings (SSSR count). The molecule has 19 heavy (non-hydrogen) atoms. The summed E-state index contributed by atoms with van der Waals surface area (Å²) >= 11 is 0. The van der Waals surface area contributed by atoms with Crippen LogP contribution in [0.25, 0.3) is 10.9 Å². The van der Waals surface area contributed by atoms with E-state index in [1.165, 1.54) is 13.8 Å². The van der Waals surface area contributed by atoms with Gasteiger partial charge in [-0.25, -0.2) is 0 Å². The Morgan fingerprint density at radius 2 is 1.63 bits per heavy atom. The number of nitrogens with zero attached hydrogens (tertiary/aromatic N) is 1. The van der Waals surface area contributed by atoms with Crippen LogP contribution < -0.4 is 5.59 Å². The van der Waals surface area contributed by atoms with E-state index in [-0.39, 0.29) is 0 Å². The van der Waals surface area contributed by atoms with Crippen LogP contribution in [0.2, 0.25) is 0 Å². The maximum Gasteiger partial charge on any atom is 0.656 e. The number of carbonyl (C=O) groups is 2. The molecule has 0 aliphatic heterocycles. The van der Waals surface area contributed by atoms with Gasteiger partial charge in [0, 0.05) is 19.2 Å². The molecule has 2 aromatic rings. The summed E-state index contributed by atoms with van der Waals surface area (Å²) in [5.41, 5.74) is 1.12. The lowest BCUT2D eigenvalue weighted by molar-refractivity contribution is -0.137. The van der Waals surface area contributed by atoms with Gasteiger partial charge in [-0.05, 0) is 12.1 Å². The molecule has 0 bridgehead atoms. The van der Waals surface area contributed by atoms with Gasteiger partial charge in [0.1, 0.15) is 5.59 Å².